The lowest BCUT2D eigenvalue weighted by Crippen LogP contribution is -2.34. The summed E-state index contributed by atoms with van der Waals surface area (Å²) in [4.78, 5) is 24.3. The molecule has 1 aromatic rings. The Morgan fingerprint density at radius 2 is 1.82 bits per heavy atom. The first kappa shape index (κ1) is 13.2. The number of rotatable bonds is 4. The molecular formula is C13H18N2O2. The van der Waals surface area contributed by atoms with Crippen LogP contribution in [0.15, 0.2) is 24.3 Å². The van der Waals surface area contributed by atoms with Gasteiger partial charge >= 0.3 is 0 Å². The summed E-state index contributed by atoms with van der Waals surface area (Å²) >= 11 is 0. The Hall–Kier alpha value is -1.84. The molecule has 1 N–H and O–H groups in total. The highest BCUT2D eigenvalue weighted by atomic mass is 16.2. The summed E-state index contributed by atoms with van der Waals surface area (Å²) in [5.41, 5.74) is 1.89. The number of anilines is 1. The van der Waals surface area contributed by atoms with Crippen molar-refractivity contribution in [3.8, 4) is 0 Å². The number of hydrogen-bond acceptors (Lipinski definition) is 2. The molecule has 1 aromatic carbocycles. The Labute approximate surface area is 102 Å². The zero-order valence-electron chi connectivity index (χ0n) is 10.5. The number of carbonyl (C=O) groups excluding carboxylic acids is 2. The van der Waals surface area contributed by atoms with Crippen LogP contribution in [-0.4, -0.2) is 30.3 Å². The van der Waals surface area contributed by atoms with Crippen LogP contribution in [0.4, 0.5) is 5.69 Å². The number of amides is 2. The molecule has 4 heteroatoms. The van der Waals surface area contributed by atoms with Crippen LogP contribution in [0, 0.1) is 6.92 Å². The molecule has 0 aliphatic heterocycles. The summed E-state index contributed by atoms with van der Waals surface area (Å²) in [6.45, 7) is 3.84. The van der Waals surface area contributed by atoms with E-state index >= 15 is 0 Å². The Morgan fingerprint density at radius 3 is 2.35 bits per heavy atom. The molecular weight excluding hydrogens is 216 g/mol. The van der Waals surface area contributed by atoms with Crippen molar-refractivity contribution < 1.29 is 9.59 Å². The molecule has 0 fully saturated rings. The van der Waals surface area contributed by atoms with Gasteiger partial charge in [-0.05, 0) is 19.1 Å². The third kappa shape index (κ3) is 4.26. The third-order valence-electron chi connectivity index (χ3n) is 2.44. The normalized spacial score (nSPS) is 9.82. The number of benzene rings is 1. The molecule has 0 heterocycles. The van der Waals surface area contributed by atoms with E-state index in [1.807, 2.05) is 31.2 Å². The van der Waals surface area contributed by atoms with E-state index in [0.29, 0.717) is 6.42 Å². The van der Waals surface area contributed by atoms with E-state index in [1.165, 1.54) is 4.90 Å². The fraction of sp³-hybridized carbons (Fsp3) is 0.385. The largest absolute Gasteiger partial charge is 0.336 e. The Bertz CT molecular complexity index is 398. The lowest BCUT2D eigenvalue weighted by molar-refractivity contribution is -0.133. The van der Waals surface area contributed by atoms with Crippen molar-refractivity contribution in [3.63, 3.8) is 0 Å². The monoisotopic (exact) mass is 234 g/mol. The third-order valence-corrected chi connectivity index (χ3v) is 2.44. The van der Waals surface area contributed by atoms with Gasteiger partial charge in [0.05, 0.1) is 6.54 Å². The summed E-state index contributed by atoms with van der Waals surface area (Å²) in [6, 6.07) is 7.54. The topological polar surface area (TPSA) is 49.4 Å². The number of nitrogens with one attached hydrogen (secondary N) is 1. The van der Waals surface area contributed by atoms with Crippen LogP contribution in [0.1, 0.15) is 18.9 Å². The maximum absolute atomic E-state index is 11.6. The molecule has 0 saturated carbocycles. The molecule has 2 amide bonds. The molecule has 0 bridgehead atoms. The van der Waals surface area contributed by atoms with Crippen molar-refractivity contribution >= 4 is 17.5 Å². The first-order chi connectivity index (χ1) is 8.02. The standard InChI is InChI=1S/C13H18N2O2/c1-4-13(17)15(3)9-12(16)14-11-7-5-10(2)6-8-11/h5-8H,4,9H2,1-3H3,(H,14,16). The maximum atomic E-state index is 11.6. The summed E-state index contributed by atoms with van der Waals surface area (Å²) in [6.07, 6.45) is 0.411. The van der Waals surface area contributed by atoms with E-state index in [9.17, 15) is 9.59 Å². The maximum Gasteiger partial charge on any atom is 0.243 e. The lowest BCUT2D eigenvalue weighted by atomic mass is 10.2. The van der Waals surface area contributed by atoms with Crippen LogP contribution < -0.4 is 5.32 Å². The summed E-state index contributed by atoms with van der Waals surface area (Å²) < 4.78 is 0. The molecule has 0 unspecified atom stereocenters. The molecule has 4 nitrogen and oxygen atoms in total. The van der Waals surface area contributed by atoms with Crippen LogP contribution in [-0.2, 0) is 9.59 Å². The van der Waals surface area contributed by atoms with Crippen LogP contribution in [0.2, 0.25) is 0 Å². The molecule has 17 heavy (non-hydrogen) atoms. The predicted octanol–water partition coefficient (Wildman–Crippen LogP) is 1.80. The quantitative estimate of drug-likeness (QED) is 0.863. The zero-order valence-corrected chi connectivity index (χ0v) is 10.5. The molecule has 0 aromatic heterocycles. The Kier molecular flexibility index (Phi) is 4.69. The minimum Gasteiger partial charge on any atom is -0.336 e. The molecule has 0 spiro atoms. The van der Waals surface area contributed by atoms with Crippen molar-refractivity contribution in [1.29, 1.82) is 0 Å². The van der Waals surface area contributed by atoms with Crippen LogP contribution in [0.3, 0.4) is 0 Å². The second-order valence-corrected chi connectivity index (χ2v) is 4.02. The van der Waals surface area contributed by atoms with Crippen molar-refractivity contribution in [2.75, 3.05) is 18.9 Å². The van der Waals surface area contributed by atoms with Gasteiger partial charge in [0.1, 0.15) is 0 Å². The van der Waals surface area contributed by atoms with Crippen LogP contribution in [0.25, 0.3) is 0 Å². The Balaban J connectivity index is 2.50. The highest BCUT2D eigenvalue weighted by molar-refractivity contribution is 5.94. The number of carbonyl (C=O) groups is 2. The zero-order chi connectivity index (χ0) is 12.8. The van der Waals surface area contributed by atoms with Gasteiger partial charge in [-0.3, -0.25) is 9.59 Å². The summed E-state index contributed by atoms with van der Waals surface area (Å²) in [7, 11) is 1.63. The number of aryl methyl sites for hydroxylation is 1. The summed E-state index contributed by atoms with van der Waals surface area (Å²) in [5, 5.41) is 2.75. The summed E-state index contributed by atoms with van der Waals surface area (Å²) in [5.74, 6) is -0.220. The minimum absolute atomic E-state index is 0.0379. The highest BCUT2D eigenvalue weighted by Crippen LogP contribution is 2.08. The van der Waals surface area contributed by atoms with E-state index in [4.69, 9.17) is 0 Å². The van der Waals surface area contributed by atoms with Gasteiger partial charge in [-0.2, -0.15) is 0 Å². The molecule has 92 valence electrons. The van der Waals surface area contributed by atoms with Gasteiger partial charge in [0.15, 0.2) is 0 Å². The minimum atomic E-state index is -0.182. The first-order valence-corrected chi connectivity index (χ1v) is 5.63. The van der Waals surface area contributed by atoms with E-state index in [1.54, 1.807) is 14.0 Å². The van der Waals surface area contributed by atoms with E-state index < -0.39 is 0 Å². The Morgan fingerprint density at radius 1 is 1.24 bits per heavy atom. The first-order valence-electron chi connectivity index (χ1n) is 5.63. The van der Waals surface area contributed by atoms with Crippen LogP contribution >= 0.6 is 0 Å². The fourth-order valence-corrected chi connectivity index (χ4v) is 1.41. The number of hydrogen-bond donors (Lipinski definition) is 1. The lowest BCUT2D eigenvalue weighted by Gasteiger charge is -2.15. The molecule has 0 aliphatic carbocycles. The molecule has 0 aliphatic rings. The van der Waals surface area contributed by atoms with Gasteiger partial charge in [0, 0.05) is 19.2 Å². The number of nitrogens with zero attached hydrogens (tertiary/aromatic N) is 1. The van der Waals surface area contributed by atoms with E-state index in [2.05, 4.69) is 5.32 Å². The molecule has 0 radical (unpaired) electrons. The van der Waals surface area contributed by atoms with Crippen molar-refractivity contribution in [2.45, 2.75) is 20.3 Å². The van der Waals surface area contributed by atoms with Crippen LogP contribution in [0.5, 0.6) is 0 Å². The van der Waals surface area contributed by atoms with Gasteiger partial charge in [-0.1, -0.05) is 24.6 Å². The number of likely N-dealkylation sites (N-methyl/N-ethyl adjacent to an activating group) is 1. The van der Waals surface area contributed by atoms with Crippen molar-refractivity contribution in [3.05, 3.63) is 29.8 Å². The SMILES string of the molecule is CCC(=O)N(C)CC(=O)Nc1ccc(C)cc1. The smallest absolute Gasteiger partial charge is 0.243 e. The molecule has 0 saturated heterocycles. The van der Waals surface area contributed by atoms with Gasteiger partial charge in [0.25, 0.3) is 0 Å². The van der Waals surface area contributed by atoms with Crippen molar-refractivity contribution in [1.82, 2.24) is 4.90 Å². The van der Waals surface area contributed by atoms with E-state index in [-0.39, 0.29) is 18.4 Å². The second kappa shape index (κ2) is 6.03. The second-order valence-electron chi connectivity index (χ2n) is 4.02. The van der Waals surface area contributed by atoms with Crippen molar-refractivity contribution in [2.24, 2.45) is 0 Å². The highest BCUT2D eigenvalue weighted by Gasteiger charge is 2.10. The van der Waals surface area contributed by atoms with Gasteiger partial charge < -0.3 is 10.2 Å². The molecule has 0 atom stereocenters. The fourth-order valence-electron chi connectivity index (χ4n) is 1.41. The van der Waals surface area contributed by atoms with Gasteiger partial charge in [-0.15, -0.1) is 0 Å². The molecule has 1 rings (SSSR count). The predicted molar refractivity (Wildman–Crippen MR) is 67.7 cm³/mol. The van der Waals surface area contributed by atoms with Gasteiger partial charge in [0.2, 0.25) is 11.8 Å². The average Bonchev–Trinajstić information content (AvgIpc) is 2.30. The van der Waals surface area contributed by atoms with E-state index in [0.717, 1.165) is 11.3 Å². The average molecular weight is 234 g/mol. The van der Waals surface area contributed by atoms with Gasteiger partial charge in [-0.25, -0.2) is 0 Å².